The van der Waals surface area contributed by atoms with Gasteiger partial charge in [0.05, 0.1) is 0 Å². The molecule has 1 aromatic carbocycles. The minimum Gasteiger partial charge on any atom is -0.399 e. The van der Waals surface area contributed by atoms with Gasteiger partial charge in [-0.15, -0.1) is 0 Å². The van der Waals surface area contributed by atoms with Gasteiger partial charge in [0.2, 0.25) is 0 Å². The lowest BCUT2D eigenvalue weighted by atomic mass is 10.2. The predicted octanol–water partition coefficient (Wildman–Crippen LogP) is 2.47. The van der Waals surface area contributed by atoms with Crippen molar-refractivity contribution in [1.29, 1.82) is 0 Å². The van der Waals surface area contributed by atoms with E-state index in [1.54, 1.807) is 30.1 Å². The zero-order valence-electron chi connectivity index (χ0n) is 10.2. The molecule has 94 valence electrons. The molecule has 0 fully saturated rings. The van der Waals surface area contributed by atoms with E-state index in [-0.39, 0.29) is 6.03 Å². The molecule has 0 aromatic heterocycles. The van der Waals surface area contributed by atoms with Gasteiger partial charge in [-0.3, -0.25) is 0 Å². The summed E-state index contributed by atoms with van der Waals surface area (Å²) in [6.07, 6.45) is 0.915. The van der Waals surface area contributed by atoms with Crippen LogP contribution in [0.15, 0.2) is 18.2 Å². The lowest BCUT2D eigenvalue weighted by molar-refractivity contribution is 0.207. The van der Waals surface area contributed by atoms with E-state index in [2.05, 4.69) is 5.32 Å². The van der Waals surface area contributed by atoms with Crippen molar-refractivity contribution in [3.05, 3.63) is 28.8 Å². The number of nitrogens with one attached hydrogen (secondary N) is 1. The molecule has 1 aromatic rings. The number of urea groups is 1. The topological polar surface area (TPSA) is 58.4 Å². The Hall–Kier alpha value is -1.42. The quantitative estimate of drug-likeness (QED) is 0.812. The van der Waals surface area contributed by atoms with Gasteiger partial charge in [-0.2, -0.15) is 0 Å². The van der Waals surface area contributed by atoms with E-state index in [0.717, 1.165) is 12.0 Å². The molecule has 4 nitrogen and oxygen atoms in total. The van der Waals surface area contributed by atoms with E-state index >= 15 is 0 Å². The number of nitrogen functional groups attached to an aromatic ring is 1. The first-order chi connectivity index (χ1) is 8.04. The summed E-state index contributed by atoms with van der Waals surface area (Å²) in [5, 5.41) is 3.42. The van der Waals surface area contributed by atoms with Gasteiger partial charge in [-0.05, 0) is 30.2 Å². The number of halogens is 1. The summed E-state index contributed by atoms with van der Waals surface area (Å²) in [4.78, 5) is 13.2. The lowest BCUT2D eigenvalue weighted by Gasteiger charge is -2.18. The minimum absolute atomic E-state index is 0.106. The summed E-state index contributed by atoms with van der Waals surface area (Å²) in [7, 11) is 1.73. The van der Waals surface area contributed by atoms with Crippen molar-refractivity contribution in [3.8, 4) is 0 Å². The SMILES string of the molecule is CCCNC(=O)N(C)Cc1cc(N)ccc1Cl. The number of nitrogens with zero attached hydrogens (tertiary/aromatic N) is 1. The maximum atomic E-state index is 11.6. The van der Waals surface area contributed by atoms with E-state index in [9.17, 15) is 4.79 Å². The standard InChI is InChI=1S/C12H18ClN3O/c1-3-6-15-12(17)16(2)8-9-7-10(14)4-5-11(9)13/h4-5,7H,3,6,8,14H2,1-2H3,(H,15,17). The van der Waals surface area contributed by atoms with Crippen LogP contribution in [0.1, 0.15) is 18.9 Å². The zero-order valence-corrected chi connectivity index (χ0v) is 10.9. The molecular formula is C12H18ClN3O. The summed E-state index contributed by atoms with van der Waals surface area (Å²) in [5.41, 5.74) is 7.17. The third-order valence-corrected chi connectivity index (χ3v) is 2.72. The van der Waals surface area contributed by atoms with Gasteiger partial charge in [-0.1, -0.05) is 18.5 Å². The van der Waals surface area contributed by atoms with E-state index in [1.807, 2.05) is 6.92 Å². The van der Waals surface area contributed by atoms with Gasteiger partial charge < -0.3 is 16.0 Å². The van der Waals surface area contributed by atoms with Crippen LogP contribution in [0.4, 0.5) is 10.5 Å². The molecule has 0 aliphatic carbocycles. The highest BCUT2D eigenvalue weighted by Gasteiger charge is 2.10. The van der Waals surface area contributed by atoms with Crippen LogP contribution in [0.5, 0.6) is 0 Å². The van der Waals surface area contributed by atoms with Crippen molar-refractivity contribution in [3.63, 3.8) is 0 Å². The average Bonchev–Trinajstić information content (AvgIpc) is 2.30. The number of hydrogen-bond acceptors (Lipinski definition) is 2. The predicted molar refractivity (Wildman–Crippen MR) is 71.0 cm³/mol. The minimum atomic E-state index is -0.106. The molecule has 0 bridgehead atoms. The zero-order chi connectivity index (χ0) is 12.8. The fourth-order valence-corrected chi connectivity index (χ4v) is 1.59. The molecule has 2 amide bonds. The Morgan fingerprint density at radius 3 is 2.88 bits per heavy atom. The number of carbonyl (C=O) groups excluding carboxylic acids is 1. The molecular weight excluding hydrogens is 238 g/mol. The van der Waals surface area contributed by atoms with E-state index in [1.165, 1.54) is 0 Å². The smallest absolute Gasteiger partial charge is 0.317 e. The van der Waals surface area contributed by atoms with Crippen LogP contribution in [0, 0.1) is 0 Å². The first kappa shape index (κ1) is 13.6. The Bertz CT molecular complexity index is 395. The Balaban J connectivity index is 2.64. The van der Waals surface area contributed by atoms with Crippen LogP contribution in [0.2, 0.25) is 5.02 Å². The molecule has 0 heterocycles. The number of nitrogens with two attached hydrogens (primary N) is 1. The van der Waals surface area contributed by atoms with E-state index in [4.69, 9.17) is 17.3 Å². The van der Waals surface area contributed by atoms with Gasteiger partial charge in [0.1, 0.15) is 0 Å². The van der Waals surface area contributed by atoms with Crippen molar-refractivity contribution < 1.29 is 4.79 Å². The Kier molecular flexibility index (Phi) is 5.10. The van der Waals surface area contributed by atoms with Gasteiger partial charge in [-0.25, -0.2) is 4.79 Å². The Morgan fingerprint density at radius 2 is 2.24 bits per heavy atom. The van der Waals surface area contributed by atoms with Gasteiger partial charge in [0.25, 0.3) is 0 Å². The molecule has 3 N–H and O–H groups in total. The number of hydrogen-bond donors (Lipinski definition) is 2. The van der Waals surface area contributed by atoms with Gasteiger partial charge >= 0.3 is 6.03 Å². The molecule has 0 aliphatic rings. The summed E-state index contributed by atoms with van der Waals surface area (Å²) < 4.78 is 0. The van der Waals surface area contributed by atoms with Crippen molar-refractivity contribution in [2.45, 2.75) is 19.9 Å². The van der Waals surface area contributed by atoms with Crippen LogP contribution < -0.4 is 11.1 Å². The number of rotatable bonds is 4. The fourth-order valence-electron chi connectivity index (χ4n) is 1.41. The maximum absolute atomic E-state index is 11.6. The van der Waals surface area contributed by atoms with Crippen LogP contribution in [-0.2, 0) is 6.54 Å². The molecule has 0 spiro atoms. The van der Waals surface area contributed by atoms with Crippen LogP contribution in [0.3, 0.4) is 0 Å². The first-order valence-corrected chi connectivity index (χ1v) is 5.95. The second-order valence-electron chi connectivity index (χ2n) is 3.94. The highest BCUT2D eigenvalue weighted by molar-refractivity contribution is 6.31. The average molecular weight is 256 g/mol. The normalized spacial score (nSPS) is 10.1. The van der Waals surface area contributed by atoms with Crippen molar-refractivity contribution in [1.82, 2.24) is 10.2 Å². The highest BCUT2D eigenvalue weighted by atomic mass is 35.5. The molecule has 0 saturated carbocycles. The van der Waals surface area contributed by atoms with Crippen molar-refractivity contribution in [2.75, 3.05) is 19.3 Å². The number of amides is 2. The van der Waals surface area contributed by atoms with E-state index in [0.29, 0.717) is 23.8 Å². The molecule has 0 atom stereocenters. The fraction of sp³-hybridized carbons (Fsp3) is 0.417. The molecule has 0 radical (unpaired) electrons. The Labute approximate surface area is 107 Å². The Morgan fingerprint density at radius 1 is 1.53 bits per heavy atom. The molecule has 0 saturated heterocycles. The largest absolute Gasteiger partial charge is 0.399 e. The number of carbonyl (C=O) groups is 1. The third kappa shape index (κ3) is 4.15. The van der Waals surface area contributed by atoms with Gasteiger partial charge in [0.15, 0.2) is 0 Å². The van der Waals surface area contributed by atoms with Crippen LogP contribution in [0.25, 0.3) is 0 Å². The van der Waals surface area contributed by atoms with Crippen molar-refractivity contribution >= 4 is 23.3 Å². The molecule has 17 heavy (non-hydrogen) atoms. The molecule has 0 aliphatic heterocycles. The second kappa shape index (κ2) is 6.35. The molecule has 0 unspecified atom stereocenters. The van der Waals surface area contributed by atoms with Gasteiger partial charge in [0, 0.05) is 30.8 Å². The summed E-state index contributed by atoms with van der Waals surface area (Å²) in [5.74, 6) is 0. The monoisotopic (exact) mass is 255 g/mol. The maximum Gasteiger partial charge on any atom is 0.317 e. The summed E-state index contributed by atoms with van der Waals surface area (Å²) in [6, 6.07) is 5.16. The highest BCUT2D eigenvalue weighted by Crippen LogP contribution is 2.20. The van der Waals surface area contributed by atoms with Crippen LogP contribution >= 0.6 is 11.6 Å². The lowest BCUT2D eigenvalue weighted by Crippen LogP contribution is -2.37. The first-order valence-electron chi connectivity index (χ1n) is 5.57. The number of anilines is 1. The van der Waals surface area contributed by atoms with Crippen molar-refractivity contribution in [2.24, 2.45) is 0 Å². The molecule has 1 rings (SSSR count). The van der Waals surface area contributed by atoms with E-state index < -0.39 is 0 Å². The van der Waals surface area contributed by atoms with Crippen LogP contribution in [-0.4, -0.2) is 24.5 Å². The third-order valence-electron chi connectivity index (χ3n) is 2.35. The molecule has 5 heteroatoms. The summed E-state index contributed by atoms with van der Waals surface area (Å²) >= 11 is 6.04. The second-order valence-corrected chi connectivity index (χ2v) is 4.35. The number of benzene rings is 1. The summed E-state index contributed by atoms with van der Waals surface area (Å²) in [6.45, 7) is 3.13.